The summed E-state index contributed by atoms with van der Waals surface area (Å²) in [6.45, 7) is -1.09. The lowest BCUT2D eigenvalue weighted by Gasteiger charge is -2.12. The highest BCUT2D eigenvalue weighted by Crippen LogP contribution is 2.26. The van der Waals surface area contributed by atoms with Crippen molar-refractivity contribution in [2.75, 3.05) is 13.2 Å². The molecule has 0 bridgehead atoms. The van der Waals surface area contributed by atoms with Crippen LogP contribution in [0.2, 0.25) is 0 Å². The first-order valence-corrected chi connectivity index (χ1v) is 4.62. The van der Waals surface area contributed by atoms with Crippen molar-refractivity contribution in [3.63, 3.8) is 0 Å². The average Bonchev–Trinajstić information content (AvgIpc) is 2.34. The molecule has 0 fully saturated rings. The number of hydrogen-bond donors (Lipinski definition) is 1. The van der Waals surface area contributed by atoms with E-state index in [1.165, 1.54) is 0 Å². The van der Waals surface area contributed by atoms with Gasteiger partial charge in [0.25, 0.3) is 0 Å². The maximum atomic E-state index is 13.1. The highest BCUT2D eigenvalue weighted by Gasteiger charge is 2.21. The number of benzene rings is 1. The van der Waals surface area contributed by atoms with Crippen LogP contribution < -0.4 is 4.74 Å². The lowest BCUT2D eigenvalue weighted by atomic mass is 10.3. The summed E-state index contributed by atoms with van der Waals surface area (Å²) in [6, 6.07) is 0.0356. The van der Waals surface area contributed by atoms with Crippen molar-refractivity contribution in [2.45, 2.75) is 6.10 Å². The topological polar surface area (TPSA) is 78.2 Å². The van der Waals surface area contributed by atoms with E-state index < -0.39 is 48.3 Å². The molecule has 0 saturated heterocycles. The minimum atomic E-state index is -1.70. The Hall–Kier alpha value is -1.99. The van der Waals surface area contributed by atoms with E-state index in [9.17, 15) is 17.6 Å². The third-order valence-electron chi connectivity index (χ3n) is 1.85. The Balaban J connectivity index is 2.81. The van der Waals surface area contributed by atoms with Crippen molar-refractivity contribution in [3.8, 4) is 5.75 Å². The van der Waals surface area contributed by atoms with Crippen LogP contribution >= 0.6 is 0 Å². The van der Waals surface area contributed by atoms with Gasteiger partial charge in [-0.2, -0.15) is 8.78 Å². The van der Waals surface area contributed by atoms with Gasteiger partial charge < -0.3 is 9.84 Å². The van der Waals surface area contributed by atoms with Crippen LogP contribution in [0.1, 0.15) is 0 Å². The summed E-state index contributed by atoms with van der Waals surface area (Å²) in [4.78, 5) is 2.34. The van der Waals surface area contributed by atoms with Crippen molar-refractivity contribution in [2.24, 2.45) is 5.11 Å². The first-order valence-electron chi connectivity index (χ1n) is 4.62. The maximum absolute atomic E-state index is 13.1. The van der Waals surface area contributed by atoms with Crippen LogP contribution in [-0.2, 0) is 0 Å². The number of nitrogens with zero attached hydrogens (tertiary/aromatic N) is 3. The van der Waals surface area contributed by atoms with Crippen molar-refractivity contribution in [3.05, 3.63) is 39.8 Å². The van der Waals surface area contributed by atoms with Crippen molar-refractivity contribution >= 4 is 0 Å². The number of aliphatic hydroxyl groups excluding tert-OH is 1. The Morgan fingerprint density at radius 2 is 1.83 bits per heavy atom. The molecule has 0 spiro atoms. The number of aliphatic hydroxyl groups is 1. The molecule has 1 unspecified atom stereocenters. The lowest BCUT2D eigenvalue weighted by Crippen LogP contribution is -2.21. The van der Waals surface area contributed by atoms with E-state index >= 15 is 0 Å². The summed E-state index contributed by atoms with van der Waals surface area (Å²) in [5, 5.41) is 12.1. The van der Waals surface area contributed by atoms with E-state index in [4.69, 9.17) is 10.6 Å². The molecule has 0 heterocycles. The molecule has 0 amide bonds. The molecule has 1 N–H and O–H groups in total. The molecule has 5 nitrogen and oxygen atoms in total. The predicted octanol–water partition coefficient (Wildman–Crippen LogP) is 2.29. The molecule has 0 aliphatic heterocycles. The van der Waals surface area contributed by atoms with E-state index in [1.807, 2.05) is 0 Å². The fraction of sp³-hybridized carbons (Fsp3) is 0.333. The van der Waals surface area contributed by atoms with Gasteiger partial charge in [0.15, 0.2) is 17.4 Å². The molecular formula is C9H7F4N3O2. The highest BCUT2D eigenvalue weighted by atomic mass is 19.2. The summed E-state index contributed by atoms with van der Waals surface area (Å²) >= 11 is 0. The van der Waals surface area contributed by atoms with Gasteiger partial charge in [-0.25, -0.2) is 8.78 Å². The van der Waals surface area contributed by atoms with Crippen LogP contribution in [-0.4, -0.2) is 24.4 Å². The standard InChI is InChI=1S/C9H7F4N3O2/c10-5-1-6(11)8(13)9(7(5)12)18-3-4(17)2-15-16-14/h1,4,17H,2-3H2. The minimum absolute atomic E-state index is 0.0356. The van der Waals surface area contributed by atoms with Crippen molar-refractivity contribution < 1.29 is 27.4 Å². The molecule has 0 aromatic heterocycles. The van der Waals surface area contributed by atoms with Gasteiger partial charge in [-0.05, 0) is 5.53 Å². The molecule has 1 aromatic carbocycles. The quantitative estimate of drug-likeness (QED) is 0.291. The van der Waals surface area contributed by atoms with E-state index in [0.717, 1.165) is 0 Å². The molecule has 98 valence electrons. The van der Waals surface area contributed by atoms with Crippen LogP contribution in [0.5, 0.6) is 5.75 Å². The Labute approximate surface area is 98.2 Å². The number of rotatable bonds is 5. The zero-order valence-corrected chi connectivity index (χ0v) is 8.78. The Kier molecular flexibility index (Phi) is 4.75. The second-order valence-electron chi connectivity index (χ2n) is 3.18. The van der Waals surface area contributed by atoms with Gasteiger partial charge >= 0.3 is 0 Å². The first kappa shape index (κ1) is 14.1. The predicted molar refractivity (Wildman–Crippen MR) is 51.8 cm³/mol. The van der Waals surface area contributed by atoms with Gasteiger partial charge in [-0.15, -0.1) is 0 Å². The number of hydrogen-bond acceptors (Lipinski definition) is 3. The number of ether oxygens (including phenoxy) is 1. The van der Waals surface area contributed by atoms with Gasteiger partial charge in [-0.3, -0.25) is 0 Å². The SMILES string of the molecule is [N-]=[N+]=NCC(O)COc1c(F)c(F)cc(F)c1F. The number of azide groups is 1. The average molecular weight is 265 g/mol. The van der Waals surface area contributed by atoms with Gasteiger partial charge in [0, 0.05) is 11.0 Å². The van der Waals surface area contributed by atoms with Crippen LogP contribution in [0.4, 0.5) is 17.6 Å². The summed E-state index contributed by atoms with van der Waals surface area (Å²) < 4.78 is 56.1. The smallest absolute Gasteiger partial charge is 0.203 e. The van der Waals surface area contributed by atoms with E-state index in [-0.39, 0.29) is 6.07 Å². The van der Waals surface area contributed by atoms with Gasteiger partial charge in [0.05, 0.1) is 12.6 Å². The van der Waals surface area contributed by atoms with E-state index in [0.29, 0.717) is 0 Å². The van der Waals surface area contributed by atoms with Crippen LogP contribution in [0.3, 0.4) is 0 Å². The molecule has 0 aliphatic carbocycles. The molecule has 9 heteroatoms. The Bertz CT molecular complexity index is 465. The summed E-state index contributed by atoms with van der Waals surface area (Å²) in [5.74, 6) is -7.91. The normalized spacial score (nSPS) is 11.8. The minimum Gasteiger partial charge on any atom is -0.485 e. The van der Waals surface area contributed by atoms with Gasteiger partial charge in [-0.1, -0.05) is 5.11 Å². The van der Waals surface area contributed by atoms with Crippen LogP contribution in [0.15, 0.2) is 11.2 Å². The zero-order chi connectivity index (χ0) is 13.7. The van der Waals surface area contributed by atoms with Crippen LogP contribution in [0, 0.1) is 23.3 Å². The second-order valence-corrected chi connectivity index (χ2v) is 3.18. The fourth-order valence-electron chi connectivity index (χ4n) is 1.04. The molecule has 0 saturated carbocycles. The molecule has 0 radical (unpaired) electrons. The molecule has 1 aromatic rings. The summed E-state index contributed by atoms with van der Waals surface area (Å²) in [5.41, 5.74) is 7.95. The van der Waals surface area contributed by atoms with Crippen molar-refractivity contribution in [1.82, 2.24) is 0 Å². The Morgan fingerprint density at radius 1 is 1.28 bits per heavy atom. The van der Waals surface area contributed by atoms with Gasteiger partial charge in [0.1, 0.15) is 6.61 Å². The zero-order valence-electron chi connectivity index (χ0n) is 8.78. The van der Waals surface area contributed by atoms with E-state index in [2.05, 4.69) is 14.8 Å². The maximum Gasteiger partial charge on any atom is 0.203 e. The third kappa shape index (κ3) is 3.25. The van der Waals surface area contributed by atoms with Crippen LogP contribution in [0.25, 0.3) is 10.4 Å². The third-order valence-corrected chi connectivity index (χ3v) is 1.85. The monoisotopic (exact) mass is 265 g/mol. The fourth-order valence-corrected chi connectivity index (χ4v) is 1.04. The molecule has 1 rings (SSSR count). The lowest BCUT2D eigenvalue weighted by molar-refractivity contribution is 0.108. The first-order chi connectivity index (χ1) is 8.47. The van der Waals surface area contributed by atoms with Gasteiger partial charge in [0.2, 0.25) is 11.6 Å². The highest BCUT2D eigenvalue weighted by molar-refractivity contribution is 5.28. The summed E-state index contributed by atoms with van der Waals surface area (Å²) in [7, 11) is 0. The molecule has 18 heavy (non-hydrogen) atoms. The Morgan fingerprint density at radius 3 is 2.33 bits per heavy atom. The largest absolute Gasteiger partial charge is 0.485 e. The van der Waals surface area contributed by atoms with Crippen molar-refractivity contribution in [1.29, 1.82) is 0 Å². The summed E-state index contributed by atoms with van der Waals surface area (Å²) in [6.07, 6.45) is -1.36. The molecule has 1 atom stereocenters. The molecule has 0 aliphatic rings. The number of halogens is 4. The second kappa shape index (κ2) is 6.08. The van der Waals surface area contributed by atoms with E-state index in [1.54, 1.807) is 0 Å². The molecular weight excluding hydrogens is 258 g/mol.